The molecule has 25 heavy (non-hydrogen) atoms. The summed E-state index contributed by atoms with van der Waals surface area (Å²) in [4.78, 5) is 32.0. The van der Waals surface area contributed by atoms with Crippen LogP contribution in [0.1, 0.15) is 22.9 Å². The molecule has 1 fully saturated rings. The van der Waals surface area contributed by atoms with Crippen LogP contribution in [-0.2, 0) is 11.3 Å². The Balaban J connectivity index is 1.79. The molecule has 1 atom stereocenters. The Bertz CT molecular complexity index is 943. The number of hydrogen-bond acceptors (Lipinski definition) is 3. The van der Waals surface area contributed by atoms with Crippen LogP contribution < -0.4 is 4.57 Å². The molecule has 3 amide bonds. The Morgan fingerprint density at radius 3 is 2.64 bits per heavy atom. The maximum absolute atomic E-state index is 12.6. The van der Waals surface area contributed by atoms with Gasteiger partial charge < -0.3 is 0 Å². The number of rotatable bonds is 2. The molecule has 0 bridgehead atoms. The third kappa shape index (κ3) is 2.19. The first-order valence-corrected chi connectivity index (χ1v) is 8.19. The van der Waals surface area contributed by atoms with Crippen LogP contribution in [0.2, 0.25) is 0 Å². The van der Waals surface area contributed by atoms with Gasteiger partial charge in [-0.2, -0.15) is 0 Å². The van der Waals surface area contributed by atoms with Gasteiger partial charge in [-0.25, -0.2) is 13.9 Å². The number of fused-ring (bicyclic) bond motifs is 3. The van der Waals surface area contributed by atoms with Gasteiger partial charge in [0.25, 0.3) is 5.91 Å². The molecular formula is C18H20N5O2+. The second-order valence-electron chi connectivity index (χ2n) is 6.66. The number of benzene rings is 1. The molecule has 0 radical (unpaired) electrons. The van der Waals surface area contributed by atoms with Crippen LogP contribution in [0, 0.1) is 13.8 Å². The Kier molecular flexibility index (Phi) is 3.28. The molecule has 0 spiro atoms. The predicted molar refractivity (Wildman–Crippen MR) is 91.7 cm³/mol. The molecule has 0 saturated carbocycles. The van der Waals surface area contributed by atoms with Crippen LogP contribution in [0.5, 0.6) is 0 Å². The molecule has 1 aromatic carbocycles. The molecule has 128 valence electrons. The molecule has 2 aliphatic heterocycles. The zero-order chi connectivity index (χ0) is 17.9. The summed E-state index contributed by atoms with van der Waals surface area (Å²) < 4.78 is 3.94. The standard InChI is InChI=1S/C18H20N5O2/c1-11-6-5-7-13(8-11)10-22-12(2)9-23-14-15(19-17(22)23)20(3)18(25)21(4)16(14)24/h5-9,14H,10H2,1-4H3/q+1. The number of aliphatic imine (C=N–C) groups is 1. The molecule has 4 rings (SSSR count). The molecule has 2 aromatic rings. The minimum absolute atomic E-state index is 0.252. The second-order valence-corrected chi connectivity index (χ2v) is 6.66. The molecule has 3 heterocycles. The quantitative estimate of drug-likeness (QED) is 0.780. The summed E-state index contributed by atoms with van der Waals surface area (Å²) in [5.74, 6) is 0.932. The van der Waals surface area contributed by atoms with E-state index in [0.717, 1.165) is 10.6 Å². The lowest BCUT2D eigenvalue weighted by Gasteiger charge is -2.30. The van der Waals surface area contributed by atoms with E-state index >= 15 is 0 Å². The summed E-state index contributed by atoms with van der Waals surface area (Å²) in [5.41, 5.74) is 3.40. The first kappa shape index (κ1) is 15.6. The van der Waals surface area contributed by atoms with Crippen molar-refractivity contribution in [2.24, 2.45) is 4.99 Å². The number of amidine groups is 1. The summed E-state index contributed by atoms with van der Waals surface area (Å²) in [7, 11) is 3.16. The van der Waals surface area contributed by atoms with E-state index in [1.165, 1.54) is 23.1 Å². The van der Waals surface area contributed by atoms with Crippen molar-refractivity contribution in [3.63, 3.8) is 0 Å². The minimum Gasteiger partial charge on any atom is -0.270 e. The van der Waals surface area contributed by atoms with Gasteiger partial charge >= 0.3 is 12.0 Å². The van der Waals surface area contributed by atoms with Crippen LogP contribution in [0.3, 0.4) is 0 Å². The first-order chi connectivity index (χ1) is 11.9. The Labute approximate surface area is 145 Å². The first-order valence-electron chi connectivity index (χ1n) is 8.19. The number of urea groups is 1. The highest BCUT2D eigenvalue weighted by Gasteiger charge is 2.52. The molecule has 1 unspecified atom stereocenters. The highest BCUT2D eigenvalue weighted by Crippen LogP contribution is 2.29. The van der Waals surface area contributed by atoms with Crippen LogP contribution in [0.4, 0.5) is 10.7 Å². The van der Waals surface area contributed by atoms with Crippen LogP contribution in [-0.4, -0.2) is 46.2 Å². The van der Waals surface area contributed by atoms with Crippen LogP contribution >= 0.6 is 0 Å². The van der Waals surface area contributed by atoms with Crippen molar-refractivity contribution in [3.8, 4) is 0 Å². The van der Waals surface area contributed by atoms with Crippen molar-refractivity contribution >= 4 is 23.7 Å². The number of likely N-dealkylation sites (N-methyl/N-ethyl adjacent to an activating group) is 2. The minimum atomic E-state index is -0.569. The van der Waals surface area contributed by atoms with E-state index in [4.69, 9.17) is 0 Å². The number of imide groups is 1. The molecule has 7 heteroatoms. The molecule has 2 aliphatic rings. The van der Waals surface area contributed by atoms with Crippen molar-refractivity contribution in [1.29, 1.82) is 0 Å². The van der Waals surface area contributed by atoms with Gasteiger partial charge in [-0.1, -0.05) is 34.8 Å². The lowest BCUT2D eigenvalue weighted by atomic mass is 10.1. The second kappa shape index (κ2) is 5.27. The Morgan fingerprint density at radius 1 is 1.16 bits per heavy atom. The monoisotopic (exact) mass is 338 g/mol. The van der Waals surface area contributed by atoms with E-state index in [0.29, 0.717) is 18.3 Å². The number of amides is 3. The lowest BCUT2D eigenvalue weighted by Crippen LogP contribution is -2.61. The van der Waals surface area contributed by atoms with Crippen molar-refractivity contribution in [3.05, 3.63) is 47.3 Å². The topological polar surface area (TPSA) is 61.8 Å². The lowest BCUT2D eigenvalue weighted by molar-refractivity contribution is -0.677. The Morgan fingerprint density at radius 2 is 1.92 bits per heavy atom. The van der Waals surface area contributed by atoms with E-state index in [1.54, 1.807) is 7.05 Å². The van der Waals surface area contributed by atoms with Gasteiger partial charge in [0.1, 0.15) is 11.9 Å². The number of aryl methyl sites for hydroxylation is 2. The average Bonchev–Trinajstić information content (AvgIpc) is 3.08. The van der Waals surface area contributed by atoms with Gasteiger partial charge in [0.15, 0.2) is 0 Å². The highest BCUT2D eigenvalue weighted by molar-refractivity contribution is 6.18. The maximum Gasteiger partial charge on any atom is 0.402 e. The fourth-order valence-electron chi connectivity index (χ4n) is 3.50. The summed E-state index contributed by atoms with van der Waals surface area (Å²) >= 11 is 0. The average molecular weight is 338 g/mol. The molecular weight excluding hydrogens is 318 g/mol. The predicted octanol–water partition coefficient (Wildman–Crippen LogP) is 1.55. The van der Waals surface area contributed by atoms with Gasteiger partial charge in [-0.15, -0.1) is 0 Å². The number of carbonyl (C=O) groups is 2. The van der Waals surface area contributed by atoms with E-state index in [2.05, 4.69) is 34.7 Å². The summed E-state index contributed by atoms with van der Waals surface area (Å²) in [6.07, 6.45) is 1.93. The largest absolute Gasteiger partial charge is 0.402 e. The summed E-state index contributed by atoms with van der Waals surface area (Å²) in [6.45, 7) is 4.73. The van der Waals surface area contributed by atoms with E-state index in [9.17, 15) is 9.59 Å². The maximum atomic E-state index is 12.6. The highest BCUT2D eigenvalue weighted by atomic mass is 16.2. The molecule has 1 saturated heterocycles. The molecule has 0 N–H and O–H groups in total. The van der Waals surface area contributed by atoms with Gasteiger partial charge in [-0.3, -0.25) is 14.6 Å². The fraction of sp³-hybridized carbons (Fsp3) is 0.333. The molecule has 7 nitrogen and oxygen atoms in total. The van der Waals surface area contributed by atoms with E-state index in [1.807, 2.05) is 23.8 Å². The van der Waals surface area contributed by atoms with Crippen LogP contribution in [0.15, 0.2) is 35.5 Å². The van der Waals surface area contributed by atoms with Crippen molar-refractivity contribution in [1.82, 2.24) is 14.4 Å². The van der Waals surface area contributed by atoms with Crippen molar-refractivity contribution in [2.45, 2.75) is 26.4 Å². The summed E-state index contributed by atoms with van der Waals surface area (Å²) in [5, 5.41) is 0. The van der Waals surface area contributed by atoms with E-state index in [-0.39, 0.29) is 11.9 Å². The van der Waals surface area contributed by atoms with Gasteiger partial charge in [-0.05, 0) is 19.4 Å². The number of carbonyl (C=O) groups excluding carboxylic acids is 2. The number of imidazole rings is 1. The third-order valence-corrected chi connectivity index (χ3v) is 4.87. The zero-order valence-electron chi connectivity index (χ0n) is 14.7. The van der Waals surface area contributed by atoms with Crippen molar-refractivity contribution in [2.75, 3.05) is 14.1 Å². The van der Waals surface area contributed by atoms with Gasteiger partial charge in [0.05, 0.1) is 6.54 Å². The van der Waals surface area contributed by atoms with E-state index < -0.39 is 6.04 Å². The smallest absolute Gasteiger partial charge is 0.270 e. The van der Waals surface area contributed by atoms with Gasteiger partial charge in [0.2, 0.25) is 11.9 Å². The van der Waals surface area contributed by atoms with Crippen LogP contribution in [0.25, 0.3) is 0 Å². The van der Waals surface area contributed by atoms with Crippen molar-refractivity contribution < 1.29 is 14.2 Å². The Hall–Kier alpha value is -2.96. The normalized spacial score (nSPS) is 19.2. The number of nitrogens with zero attached hydrogens (tertiary/aromatic N) is 5. The SMILES string of the molecule is Cc1cccc(Cn2c(C)c[n+]3c2N=C2C3C(=O)N(C)C(=O)N2C)c1. The molecule has 0 aliphatic carbocycles. The molecule has 1 aromatic heterocycles. The fourth-order valence-corrected chi connectivity index (χ4v) is 3.50. The van der Waals surface area contributed by atoms with Gasteiger partial charge in [0, 0.05) is 14.1 Å². The summed E-state index contributed by atoms with van der Waals surface area (Å²) in [6, 6.07) is 7.39. The third-order valence-electron chi connectivity index (χ3n) is 4.87. The zero-order valence-corrected chi connectivity index (χ0v) is 14.7. The number of hydrogen-bond donors (Lipinski definition) is 0. The number of aromatic nitrogens is 2.